The van der Waals surface area contributed by atoms with E-state index in [2.05, 4.69) is 15.3 Å². The van der Waals surface area contributed by atoms with Gasteiger partial charge in [0.05, 0.1) is 6.61 Å². The van der Waals surface area contributed by atoms with Crippen LogP contribution >= 0.6 is 0 Å². The van der Waals surface area contributed by atoms with E-state index in [-0.39, 0.29) is 5.56 Å². The van der Waals surface area contributed by atoms with Crippen molar-refractivity contribution in [2.24, 2.45) is 0 Å². The highest BCUT2D eigenvalue weighted by Gasteiger charge is 2.11. The lowest BCUT2D eigenvalue weighted by molar-refractivity contribution is 0.102. The third kappa shape index (κ3) is 3.23. The third-order valence-electron chi connectivity index (χ3n) is 2.56. The number of nitrogens with one attached hydrogen (secondary N) is 2. The molecule has 1 amide bonds. The van der Waals surface area contributed by atoms with Gasteiger partial charge in [0.25, 0.3) is 11.5 Å². The van der Waals surface area contributed by atoms with Gasteiger partial charge in [-0.15, -0.1) is 0 Å². The number of aromatic nitrogens is 2. The van der Waals surface area contributed by atoms with Crippen LogP contribution in [0.15, 0.2) is 35.1 Å². The fourth-order valence-corrected chi connectivity index (χ4v) is 1.65. The Kier molecular flexibility index (Phi) is 4.14. The van der Waals surface area contributed by atoms with Gasteiger partial charge in [-0.25, -0.2) is 0 Å². The lowest BCUT2D eigenvalue weighted by atomic mass is 10.2. The van der Waals surface area contributed by atoms with Gasteiger partial charge in [0.1, 0.15) is 11.4 Å². The highest BCUT2D eigenvalue weighted by molar-refractivity contribution is 6.03. The number of ether oxygens (including phenoxy) is 1. The fourth-order valence-electron chi connectivity index (χ4n) is 1.65. The van der Waals surface area contributed by atoms with E-state index < -0.39 is 11.5 Å². The minimum absolute atomic E-state index is 0.0409. The number of aryl methyl sites for hydroxylation is 1. The average Bonchev–Trinajstić information content (AvgIpc) is 2.39. The Morgan fingerprint density at radius 1 is 1.35 bits per heavy atom. The molecule has 0 saturated carbocycles. The number of rotatable bonds is 4. The number of nitrogens with zero attached hydrogens (tertiary/aromatic N) is 1. The molecule has 2 aromatic heterocycles. The smallest absolute Gasteiger partial charge is 0.262 e. The van der Waals surface area contributed by atoms with Gasteiger partial charge < -0.3 is 15.0 Å². The summed E-state index contributed by atoms with van der Waals surface area (Å²) in [5, 5.41) is 2.57. The van der Waals surface area contributed by atoms with Crippen molar-refractivity contribution in [1.82, 2.24) is 9.97 Å². The number of hydrogen-bond donors (Lipinski definition) is 2. The molecule has 2 N–H and O–H groups in total. The number of carbonyl (C=O) groups is 1. The van der Waals surface area contributed by atoms with Gasteiger partial charge in [-0.05, 0) is 32.0 Å². The first-order chi connectivity index (χ1) is 9.60. The molecule has 6 nitrogen and oxygen atoms in total. The molecule has 0 fully saturated rings. The first kappa shape index (κ1) is 13.8. The molecule has 0 aliphatic rings. The Labute approximate surface area is 115 Å². The van der Waals surface area contributed by atoms with Crippen molar-refractivity contribution in [2.75, 3.05) is 11.9 Å². The molecule has 20 heavy (non-hydrogen) atoms. The zero-order valence-corrected chi connectivity index (χ0v) is 11.3. The molecule has 0 unspecified atom stereocenters. The summed E-state index contributed by atoms with van der Waals surface area (Å²) in [6.07, 6.45) is 0. The number of aromatic amines is 1. The van der Waals surface area contributed by atoms with Crippen LogP contribution in [-0.4, -0.2) is 22.5 Å². The van der Waals surface area contributed by atoms with Crippen LogP contribution in [0.1, 0.15) is 23.0 Å². The number of H-pyrrole nitrogens is 1. The summed E-state index contributed by atoms with van der Waals surface area (Å²) in [4.78, 5) is 30.4. The predicted molar refractivity (Wildman–Crippen MR) is 75.2 cm³/mol. The van der Waals surface area contributed by atoms with Gasteiger partial charge in [0.2, 0.25) is 5.88 Å². The number of carbonyl (C=O) groups excluding carboxylic acids is 1. The maximum Gasteiger partial charge on any atom is 0.262 e. The fraction of sp³-hybridized carbons (Fsp3) is 0.214. The summed E-state index contributed by atoms with van der Waals surface area (Å²) in [6, 6.07) is 8.18. The topological polar surface area (TPSA) is 84.1 Å². The van der Waals surface area contributed by atoms with Gasteiger partial charge in [0.15, 0.2) is 0 Å². The van der Waals surface area contributed by atoms with E-state index in [9.17, 15) is 9.59 Å². The Hall–Kier alpha value is -2.63. The molecule has 0 saturated heterocycles. The van der Waals surface area contributed by atoms with Crippen LogP contribution in [0.25, 0.3) is 0 Å². The molecular formula is C14H15N3O3. The lowest BCUT2D eigenvalue weighted by Crippen LogP contribution is -2.23. The molecule has 0 aliphatic heterocycles. The monoisotopic (exact) mass is 273 g/mol. The van der Waals surface area contributed by atoms with E-state index in [0.717, 1.165) is 0 Å². The summed E-state index contributed by atoms with van der Waals surface area (Å²) >= 11 is 0. The molecular weight excluding hydrogens is 258 g/mol. The zero-order valence-electron chi connectivity index (χ0n) is 11.3. The third-order valence-corrected chi connectivity index (χ3v) is 2.56. The SMILES string of the molecule is CCOc1cccc(NC(=O)c2ccc(C)[nH]c2=O)n1. The van der Waals surface area contributed by atoms with E-state index in [1.165, 1.54) is 6.07 Å². The van der Waals surface area contributed by atoms with Crippen LogP contribution in [0.4, 0.5) is 5.82 Å². The average molecular weight is 273 g/mol. The highest BCUT2D eigenvalue weighted by Crippen LogP contribution is 2.12. The van der Waals surface area contributed by atoms with E-state index in [0.29, 0.717) is 24.0 Å². The summed E-state index contributed by atoms with van der Waals surface area (Å²) < 4.78 is 5.24. The Bertz CT molecular complexity index is 679. The van der Waals surface area contributed by atoms with Crippen LogP contribution in [0.2, 0.25) is 0 Å². The van der Waals surface area contributed by atoms with Gasteiger partial charge in [-0.1, -0.05) is 6.07 Å². The van der Waals surface area contributed by atoms with Crippen molar-refractivity contribution in [1.29, 1.82) is 0 Å². The maximum absolute atomic E-state index is 12.0. The Morgan fingerprint density at radius 2 is 2.15 bits per heavy atom. The van der Waals surface area contributed by atoms with Crippen molar-refractivity contribution in [3.63, 3.8) is 0 Å². The second-order valence-electron chi connectivity index (χ2n) is 4.13. The highest BCUT2D eigenvalue weighted by atomic mass is 16.5. The van der Waals surface area contributed by atoms with Gasteiger partial charge in [0, 0.05) is 11.8 Å². The van der Waals surface area contributed by atoms with Crippen LogP contribution in [0.5, 0.6) is 5.88 Å². The van der Waals surface area contributed by atoms with Crippen molar-refractivity contribution < 1.29 is 9.53 Å². The van der Waals surface area contributed by atoms with Crippen LogP contribution in [0, 0.1) is 6.92 Å². The van der Waals surface area contributed by atoms with Crippen LogP contribution in [-0.2, 0) is 0 Å². The number of hydrogen-bond acceptors (Lipinski definition) is 4. The molecule has 104 valence electrons. The maximum atomic E-state index is 12.0. The second kappa shape index (κ2) is 6.01. The Balaban J connectivity index is 2.19. The number of pyridine rings is 2. The minimum atomic E-state index is -0.507. The molecule has 2 rings (SSSR count). The van der Waals surface area contributed by atoms with Crippen LogP contribution in [0.3, 0.4) is 0 Å². The summed E-state index contributed by atoms with van der Waals surface area (Å²) in [5.74, 6) is 0.247. The first-order valence-corrected chi connectivity index (χ1v) is 6.21. The summed E-state index contributed by atoms with van der Waals surface area (Å²) in [7, 11) is 0. The number of anilines is 1. The molecule has 0 bridgehead atoms. The van der Waals surface area contributed by atoms with E-state index >= 15 is 0 Å². The largest absolute Gasteiger partial charge is 0.478 e. The molecule has 2 heterocycles. The molecule has 0 aromatic carbocycles. The standard InChI is InChI=1S/C14H15N3O3/c1-3-20-12-6-4-5-11(16-12)17-14(19)10-8-7-9(2)15-13(10)18/h4-8H,3H2,1-2H3,(H,15,18)(H,16,17,19). The molecule has 6 heteroatoms. The lowest BCUT2D eigenvalue weighted by Gasteiger charge is -2.06. The first-order valence-electron chi connectivity index (χ1n) is 6.21. The van der Waals surface area contributed by atoms with Crippen molar-refractivity contribution in [3.05, 3.63) is 51.9 Å². The van der Waals surface area contributed by atoms with Crippen molar-refractivity contribution in [2.45, 2.75) is 13.8 Å². The molecule has 0 spiro atoms. The zero-order chi connectivity index (χ0) is 14.5. The second-order valence-corrected chi connectivity index (χ2v) is 4.13. The predicted octanol–water partition coefficient (Wildman–Crippen LogP) is 1.73. The van der Waals surface area contributed by atoms with Gasteiger partial charge in [-0.2, -0.15) is 4.98 Å². The minimum Gasteiger partial charge on any atom is -0.478 e. The van der Waals surface area contributed by atoms with Gasteiger partial charge in [-0.3, -0.25) is 9.59 Å². The number of amides is 1. The molecule has 0 atom stereocenters. The van der Waals surface area contributed by atoms with E-state index in [1.807, 2.05) is 6.92 Å². The quantitative estimate of drug-likeness (QED) is 0.888. The van der Waals surface area contributed by atoms with E-state index in [1.54, 1.807) is 31.2 Å². The normalized spacial score (nSPS) is 10.1. The molecule has 0 aliphatic carbocycles. The summed E-state index contributed by atoms with van der Waals surface area (Å²) in [6.45, 7) is 4.08. The van der Waals surface area contributed by atoms with Crippen molar-refractivity contribution >= 4 is 11.7 Å². The summed E-state index contributed by atoms with van der Waals surface area (Å²) in [5.41, 5.74) is 0.311. The van der Waals surface area contributed by atoms with E-state index in [4.69, 9.17) is 4.74 Å². The van der Waals surface area contributed by atoms with Gasteiger partial charge >= 0.3 is 0 Å². The van der Waals surface area contributed by atoms with Crippen LogP contribution < -0.4 is 15.6 Å². The molecule has 0 radical (unpaired) electrons. The molecule has 2 aromatic rings. The van der Waals surface area contributed by atoms with Crippen molar-refractivity contribution in [3.8, 4) is 5.88 Å². The Morgan fingerprint density at radius 3 is 2.85 bits per heavy atom.